The van der Waals surface area contributed by atoms with E-state index in [1.807, 2.05) is 39.0 Å². The Morgan fingerprint density at radius 3 is 2.07 bits per heavy atom. The Morgan fingerprint density at radius 2 is 1.48 bits per heavy atom. The highest BCUT2D eigenvalue weighted by Gasteiger charge is 2.19. The highest BCUT2D eigenvalue weighted by molar-refractivity contribution is 5.96. The first-order valence-corrected chi connectivity index (χ1v) is 9.18. The molecule has 2 N–H and O–H groups in total. The molecule has 0 unspecified atom stereocenters. The molecule has 8 heteroatoms. The van der Waals surface area contributed by atoms with E-state index < -0.39 is 10.8 Å². The zero-order valence-corrected chi connectivity index (χ0v) is 17.3. The lowest BCUT2D eigenvalue weighted by Gasteiger charge is -2.17. The van der Waals surface area contributed by atoms with E-state index in [0.29, 0.717) is 0 Å². The van der Waals surface area contributed by atoms with Gasteiger partial charge in [-0.2, -0.15) is 0 Å². The number of rotatable bonds is 7. The summed E-state index contributed by atoms with van der Waals surface area (Å²) in [5, 5.41) is 16.7. The van der Waals surface area contributed by atoms with Crippen LogP contribution in [0.2, 0.25) is 0 Å². The van der Waals surface area contributed by atoms with Crippen LogP contribution in [-0.4, -0.2) is 41.8 Å². The average Bonchev–Trinajstić information content (AvgIpc) is 2.61. The minimum atomic E-state index is -0.524. The van der Waals surface area contributed by atoms with Crippen molar-refractivity contribution >= 4 is 28.9 Å². The van der Waals surface area contributed by atoms with Crippen molar-refractivity contribution < 1.29 is 14.5 Å². The maximum atomic E-state index is 12.3. The molecule has 0 fully saturated rings. The summed E-state index contributed by atoms with van der Waals surface area (Å²) < 4.78 is 0. The average molecular weight is 398 g/mol. The van der Waals surface area contributed by atoms with Gasteiger partial charge in [-0.3, -0.25) is 24.6 Å². The summed E-state index contributed by atoms with van der Waals surface area (Å²) in [7, 11) is 1.64. The molecule has 2 aromatic rings. The van der Waals surface area contributed by atoms with Gasteiger partial charge in [-0.05, 0) is 69.1 Å². The molecule has 8 nitrogen and oxygen atoms in total. The molecule has 0 aromatic heterocycles. The van der Waals surface area contributed by atoms with E-state index in [2.05, 4.69) is 10.6 Å². The molecule has 0 saturated carbocycles. The van der Waals surface area contributed by atoms with E-state index in [0.717, 1.165) is 27.9 Å². The Kier molecular flexibility index (Phi) is 7.06. The van der Waals surface area contributed by atoms with E-state index in [-0.39, 0.29) is 30.4 Å². The second-order valence-corrected chi connectivity index (χ2v) is 7.23. The van der Waals surface area contributed by atoms with E-state index in [1.54, 1.807) is 24.9 Å². The van der Waals surface area contributed by atoms with Crippen LogP contribution in [0.15, 0.2) is 30.3 Å². The van der Waals surface area contributed by atoms with E-state index >= 15 is 0 Å². The molecule has 2 aromatic carbocycles. The Balaban J connectivity index is 1.97. The molecular weight excluding hydrogens is 372 g/mol. The first kappa shape index (κ1) is 22.0. The largest absolute Gasteiger partial charge is 0.325 e. The van der Waals surface area contributed by atoms with Crippen molar-refractivity contribution in [1.29, 1.82) is 0 Å². The van der Waals surface area contributed by atoms with Gasteiger partial charge in [0.05, 0.1) is 18.0 Å². The Hall–Kier alpha value is -3.26. The maximum Gasteiger partial charge on any atom is 0.293 e. The number of carbonyl (C=O) groups is 2. The molecule has 2 rings (SSSR count). The predicted octanol–water partition coefficient (Wildman–Crippen LogP) is 3.34. The molecule has 0 bridgehead atoms. The van der Waals surface area contributed by atoms with Crippen LogP contribution in [0.5, 0.6) is 0 Å². The zero-order valence-electron chi connectivity index (χ0n) is 17.3. The number of nitrogens with one attached hydrogen (secondary N) is 2. The number of nitrogens with zero attached hydrogens (tertiary/aromatic N) is 2. The summed E-state index contributed by atoms with van der Waals surface area (Å²) in [4.78, 5) is 36.9. The number of likely N-dealkylation sites (N-methyl/N-ethyl adjacent to an activating group) is 1. The van der Waals surface area contributed by atoms with Crippen molar-refractivity contribution in [3.8, 4) is 0 Å². The summed E-state index contributed by atoms with van der Waals surface area (Å²) >= 11 is 0. The molecule has 0 aliphatic heterocycles. The van der Waals surface area contributed by atoms with Gasteiger partial charge in [-0.15, -0.1) is 0 Å². The van der Waals surface area contributed by atoms with Gasteiger partial charge in [0.2, 0.25) is 11.8 Å². The highest BCUT2D eigenvalue weighted by Crippen LogP contribution is 2.27. The monoisotopic (exact) mass is 398 g/mol. The molecule has 0 heterocycles. The van der Waals surface area contributed by atoms with Gasteiger partial charge in [0.25, 0.3) is 5.69 Å². The normalized spacial score (nSPS) is 10.7. The number of nitro benzene ring substituents is 1. The Bertz CT molecular complexity index is 956. The topological polar surface area (TPSA) is 105 Å². The van der Waals surface area contributed by atoms with E-state index in [9.17, 15) is 19.7 Å². The quantitative estimate of drug-likeness (QED) is 0.550. The van der Waals surface area contributed by atoms with Gasteiger partial charge in [0.1, 0.15) is 5.69 Å². The molecule has 0 atom stereocenters. The van der Waals surface area contributed by atoms with Crippen molar-refractivity contribution in [3.05, 3.63) is 62.7 Å². The van der Waals surface area contributed by atoms with Crippen LogP contribution in [-0.2, 0) is 9.59 Å². The third kappa shape index (κ3) is 5.86. The Morgan fingerprint density at radius 1 is 0.931 bits per heavy atom. The lowest BCUT2D eigenvalue weighted by atomic mass is 10.1. The summed E-state index contributed by atoms with van der Waals surface area (Å²) in [5.74, 6) is -0.676. The Labute approximate surface area is 170 Å². The minimum Gasteiger partial charge on any atom is -0.325 e. The van der Waals surface area contributed by atoms with Gasteiger partial charge in [0.15, 0.2) is 0 Å². The number of nitro groups is 1. The fraction of sp³-hybridized carbons (Fsp3) is 0.333. The third-order valence-electron chi connectivity index (χ3n) is 4.79. The van der Waals surface area contributed by atoms with Crippen LogP contribution in [0, 0.1) is 37.8 Å². The molecule has 0 radical (unpaired) electrons. The van der Waals surface area contributed by atoms with Crippen molar-refractivity contribution in [3.63, 3.8) is 0 Å². The van der Waals surface area contributed by atoms with E-state index in [1.165, 1.54) is 6.07 Å². The first-order valence-electron chi connectivity index (χ1n) is 9.18. The molecule has 0 saturated heterocycles. The molecule has 0 aliphatic carbocycles. The fourth-order valence-corrected chi connectivity index (χ4v) is 2.86. The molecular formula is C21H26N4O4. The molecule has 0 aliphatic rings. The van der Waals surface area contributed by atoms with Crippen LogP contribution >= 0.6 is 0 Å². The smallest absolute Gasteiger partial charge is 0.293 e. The lowest BCUT2D eigenvalue weighted by Crippen LogP contribution is -2.36. The second-order valence-electron chi connectivity index (χ2n) is 7.23. The zero-order chi connectivity index (χ0) is 21.7. The number of anilines is 2. The second kappa shape index (κ2) is 9.29. The van der Waals surface area contributed by atoms with Crippen molar-refractivity contribution in [2.75, 3.05) is 30.8 Å². The number of benzene rings is 2. The van der Waals surface area contributed by atoms with Crippen molar-refractivity contribution in [2.45, 2.75) is 27.7 Å². The van der Waals surface area contributed by atoms with Crippen LogP contribution in [0.4, 0.5) is 17.1 Å². The van der Waals surface area contributed by atoms with Crippen LogP contribution < -0.4 is 10.6 Å². The number of aryl methyl sites for hydroxylation is 3. The van der Waals surface area contributed by atoms with Crippen molar-refractivity contribution in [2.24, 2.45) is 0 Å². The third-order valence-corrected chi connectivity index (χ3v) is 4.79. The summed E-state index contributed by atoms with van der Waals surface area (Å²) in [5.41, 5.74) is 4.41. The number of hydrogen-bond acceptors (Lipinski definition) is 5. The molecule has 2 amide bonds. The van der Waals surface area contributed by atoms with E-state index in [4.69, 9.17) is 0 Å². The molecule has 0 spiro atoms. The van der Waals surface area contributed by atoms with Gasteiger partial charge in [0, 0.05) is 11.8 Å². The SMILES string of the molecule is Cc1cc(NC(=O)CN(C)CC(=O)Nc2cccc(C)c2C)c([N+](=O)[O-])cc1C. The molecule has 29 heavy (non-hydrogen) atoms. The van der Waals surface area contributed by atoms with Gasteiger partial charge < -0.3 is 10.6 Å². The first-order chi connectivity index (χ1) is 13.6. The van der Waals surface area contributed by atoms with Crippen LogP contribution in [0.25, 0.3) is 0 Å². The van der Waals surface area contributed by atoms with Gasteiger partial charge in [-0.1, -0.05) is 12.1 Å². The summed E-state index contributed by atoms with van der Waals surface area (Å²) in [6.07, 6.45) is 0. The standard InChI is InChI=1S/C21H26N4O4/c1-13-7-6-8-17(16(13)4)22-20(26)11-24(5)12-21(27)23-18-9-14(2)15(3)10-19(18)25(28)29/h6-10H,11-12H2,1-5H3,(H,22,26)(H,23,27). The summed E-state index contributed by atoms with van der Waals surface area (Å²) in [6, 6.07) is 8.68. The maximum absolute atomic E-state index is 12.3. The van der Waals surface area contributed by atoms with Crippen molar-refractivity contribution in [1.82, 2.24) is 4.90 Å². The number of carbonyl (C=O) groups excluding carboxylic acids is 2. The number of hydrogen-bond donors (Lipinski definition) is 2. The predicted molar refractivity (Wildman–Crippen MR) is 113 cm³/mol. The molecule has 154 valence electrons. The highest BCUT2D eigenvalue weighted by atomic mass is 16.6. The number of amides is 2. The summed E-state index contributed by atoms with van der Waals surface area (Å²) in [6.45, 7) is 7.42. The minimum absolute atomic E-state index is 0.00974. The van der Waals surface area contributed by atoms with Crippen LogP contribution in [0.1, 0.15) is 22.3 Å². The van der Waals surface area contributed by atoms with Gasteiger partial charge >= 0.3 is 0 Å². The van der Waals surface area contributed by atoms with Gasteiger partial charge in [-0.25, -0.2) is 0 Å². The lowest BCUT2D eigenvalue weighted by molar-refractivity contribution is -0.384. The fourth-order valence-electron chi connectivity index (χ4n) is 2.86. The van der Waals surface area contributed by atoms with Crippen LogP contribution in [0.3, 0.4) is 0 Å².